The summed E-state index contributed by atoms with van der Waals surface area (Å²) in [5.41, 5.74) is 2.79. The van der Waals surface area contributed by atoms with Crippen LogP contribution in [0.3, 0.4) is 0 Å². The molecule has 1 amide bonds. The third kappa shape index (κ3) is 6.15. The number of amides is 1. The Bertz CT molecular complexity index is 1690. The minimum Gasteiger partial charge on any atom is -0.466 e. The molecule has 5 rings (SSSR count). The van der Waals surface area contributed by atoms with E-state index in [-0.39, 0.29) is 22.6 Å². The lowest BCUT2D eigenvalue weighted by molar-refractivity contribution is -0.144. The SMILES string of the molecule is CCOC(=O)CC1CCN(S(=O)(=O)c2cccc(NC(=O)c3ccc4nc(C)n(-c5ccc(F)cc5)c4c3)c2)CC1. The predicted molar refractivity (Wildman–Crippen MR) is 153 cm³/mol. The van der Waals surface area contributed by atoms with Gasteiger partial charge in [0.25, 0.3) is 5.91 Å². The van der Waals surface area contributed by atoms with Crippen LogP contribution < -0.4 is 5.32 Å². The van der Waals surface area contributed by atoms with Crippen molar-refractivity contribution in [3.63, 3.8) is 0 Å². The molecule has 4 aromatic rings. The molecule has 0 saturated carbocycles. The maximum Gasteiger partial charge on any atom is 0.306 e. The summed E-state index contributed by atoms with van der Waals surface area (Å²) >= 11 is 0. The van der Waals surface area contributed by atoms with Gasteiger partial charge < -0.3 is 10.1 Å². The number of nitrogens with zero attached hydrogens (tertiary/aromatic N) is 3. The predicted octanol–water partition coefficient (Wildman–Crippen LogP) is 5.08. The summed E-state index contributed by atoms with van der Waals surface area (Å²) in [4.78, 5) is 29.6. The Kier molecular flexibility index (Phi) is 8.18. The molecule has 1 aliphatic heterocycles. The first kappa shape index (κ1) is 28.4. The number of carbonyl (C=O) groups excluding carboxylic acids is 2. The number of sulfonamides is 1. The van der Waals surface area contributed by atoms with Crippen molar-refractivity contribution in [2.75, 3.05) is 25.0 Å². The molecule has 0 radical (unpaired) electrons. The highest BCUT2D eigenvalue weighted by molar-refractivity contribution is 7.89. The van der Waals surface area contributed by atoms with E-state index in [9.17, 15) is 22.4 Å². The maximum atomic E-state index is 13.5. The average Bonchev–Trinajstić information content (AvgIpc) is 3.29. The van der Waals surface area contributed by atoms with Crippen molar-refractivity contribution in [2.24, 2.45) is 5.92 Å². The van der Waals surface area contributed by atoms with E-state index >= 15 is 0 Å². The second-order valence-corrected chi connectivity index (χ2v) is 12.0. The molecule has 0 aliphatic carbocycles. The number of esters is 1. The number of rotatable bonds is 8. The van der Waals surface area contributed by atoms with Crippen LogP contribution in [0, 0.1) is 18.7 Å². The van der Waals surface area contributed by atoms with E-state index in [1.54, 1.807) is 49.4 Å². The van der Waals surface area contributed by atoms with Gasteiger partial charge in [-0.2, -0.15) is 4.31 Å². The fourth-order valence-electron chi connectivity index (χ4n) is 5.15. The van der Waals surface area contributed by atoms with Crippen LogP contribution in [0.4, 0.5) is 10.1 Å². The van der Waals surface area contributed by atoms with Gasteiger partial charge in [-0.1, -0.05) is 6.07 Å². The number of anilines is 1. The summed E-state index contributed by atoms with van der Waals surface area (Å²) in [7, 11) is -3.78. The van der Waals surface area contributed by atoms with Gasteiger partial charge in [0.15, 0.2) is 0 Å². The smallest absolute Gasteiger partial charge is 0.306 e. The summed E-state index contributed by atoms with van der Waals surface area (Å²) in [6.07, 6.45) is 1.44. The van der Waals surface area contributed by atoms with Crippen molar-refractivity contribution in [1.29, 1.82) is 0 Å². The minimum absolute atomic E-state index is 0.0830. The Hall–Kier alpha value is -4.09. The van der Waals surface area contributed by atoms with Gasteiger partial charge >= 0.3 is 5.97 Å². The van der Waals surface area contributed by atoms with Crippen LogP contribution in [0.1, 0.15) is 42.4 Å². The van der Waals surface area contributed by atoms with E-state index in [0.717, 1.165) is 0 Å². The van der Waals surface area contributed by atoms with Crippen LogP contribution in [-0.2, 0) is 19.6 Å². The molecule has 1 aliphatic rings. The molecule has 1 aromatic heterocycles. The van der Waals surface area contributed by atoms with Crippen LogP contribution in [0.5, 0.6) is 0 Å². The number of carbonyl (C=O) groups is 2. The maximum absolute atomic E-state index is 13.5. The Labute approximate surface area is 238 Å². The topological polar surface area (TPSA) is 111 Å². The zero-order valence-electron chi connectivity index (χ0n) is 22.8. The van der Waals surface area contributed by atoms with Crippen molar-refractivity contribution in [3.05, 3.63) is 83.9 Å². The fourth-order valence-corrected chi connectivity index (χ4v) is 6.67. The highest BCUT2D eigenvalue weighted by atomic mass is 32.2. The average molecular weight is 579 g/mol. The molecular weight excluding hydrogens is 547 g/mol. The summed E-state index contributed by atoms with van der Waals surface area (Å²) in [5, 5.41) is 2.80. The third-order valence-corrected chi connectivity index (χ3v) is 9.13. The van der Waals surface area contributed by atoms with E-state index in [4.69, 9.17) is 4.74 Å². The normalized spacial score (nSPS) is 14.7. The molecule has 2 heterocycles. The van der Waals surface area contributed by atoms with E-state index in [1.807, 2.05) is 11.5 Å². The number of ether oxygens (including phenoxy) is 1. The molecule has 0 spiro atoms. The van der Waals surface area contributed by atoms with Gasteiger partial charge in [0.2, 0.25) is 10.0 Å². The van der Waals surface area contributed by atoms with Crippen LogP contribution >= 0.6 is 0 Å². The Morgan fingerprint density at radius 3 is 2.49 bits per heavy atom. The Morgan fingerprint density at radius 2 is 1.78 bits per heavy atom. The molecular formula is C30H31FN4O5S. The van der Waals surface area contributed by atoms with Gasteiger partial charge in [0.05, 0.1) is 22.5 Å². The van der Waals surface area contributed by atoms with E-state index < -0.39 is 15.9 Å². The van der Waals surface area contributed by atoms with E-state index in [0.29, 0.717) is 72.8 Å². The highest BCUT2D eigenvalue weighted by Gasteiger charge is 2.30. The molecule has 9 nitrogen and oxygen atoms in total. The third-order valence-electron chi connectivity index (χ3n) is 7.23. The number of piperidine rings is 1. The van der Waals surface area contributed by atoms with Crippen molar-refractivity contribution in [1.82, 2.24) is 13.9 Å². The van der Waals surface area contributed by atoms with Crippen LogP contribution in [0.15, 0.2) is 71.6 Å². The molecule has 41 heavy (non-hydrogen) atoms. The van der Waals surface area contributed by atoms with Gasteiger partial charge in [-0.3, -0.25) is 14.2 Å². The number of aryl methyl sites for hydroxylation is 1. The number of imidazole rings is 1. The Morgan fingerprint density at radius 1 is 1.05 bits per heavy atom. The van der Waals surface area contributed by atoms with Crippen LogP contribution in [-0.4, -0.2) is 53.8 Å². The molecule has 11 heteroatoms. The van der Waals surface area contributed by atoms with Crippen LogP contribution in [0.2, 0.25) is 0 Å². The molecule has 214 valence electrons. The number of nitrogens with one attached hydrogen (secondary N) is 1. The minimum atomic E-state index is -3.78. The van der Waals surface area contributed by atoms with Crippen molar-refractivity contribution in [3.8, 4) is 5.69 Å². The van der Waals surface area contributed by atoms with E-state index in [1.165, 1.54) is 28.6 Å². The number of hydrogen-bond donors (Lipinski definition) is 1. The molecule has 1 saturated heterocycles. The summed E-state index contributed by atoms with van der Waals surface area (Å²) in [5.74, 6) is -0.241. The van der Waals surface area contributed by atoms with Gasteiger partial charge in [-0.25, -0.2) is 17.8 Å². The monoisotopic (exact) mass is 578 g/mol. The standard InChI is InChI=1S/C30H31FN4O5S/c1-3-40-29(36)17-21-13-15-34(16-14-21)41(38,39)26-6-4-5-24(19-26)33-30(37)22-7-12-27-28(18-22)35(20(2)32-27)25-10-8-23(31)9-11-25/h4-12,18-19,21H,3,13-17H2,1-2H3,(H,33,37). The first-order chi connectivity index (χ1) is 19.7. The second kappa shape index (κ2) is 11.8. The second-order valence-electron chi connectivity index (χ2n) is 10.0. The van der Waals surface area contributed by atoms with Gasteiger partial charge in [-0.05, 0) is 93.3 Å². The van der Waals surface area contributed by atoms with Crippen molar-refractivity contribution < 1.29 is 27.1 Å². The summed E-state index contributed by atoms with van der Waals surface area (Å²) < 4.78 is 48.5. The molecule has 0 unspecified atom stereocenters. The number of aromatic nitrogens is 2. The number of hydrogen-bond acceptors (Lipinski definition) is 6. The molecule has 1 fully saturated rings. The lowest BCUT2D eigenvalue weighted by atomic mass is 9.95. The number of fused-ring (bicyclic) bond motifs is 1. The quantitative estimate of drug-likeness (QED) is 0.292. The van der Waals surface area contributed by atoms with E-state index in [2.05, 4.69) is 10.3 Å². The first-order valence-electron chi connectivity index (χ1n) is 13.5. The largest absolute Gasteiger partial charge is 0.466 e. The molecule has 3 aromatic carbocycles. The van der Waals surface area contributed by atoms with Crippen LogP contribution in [0.25, 0.3) is 16.7 Å². The lowest BCUT2D eigenvalue weighted by Crippen LogP contribution is -2.39. The Balaban J connectivity index is 1.31. The van der Waals surface area contributed by atoms with Crippen molar-refractivity contribution >= 4 is 38.6 Å². The molecule has 0 bridgehead atoms. The van der Waals surface area contributed by atoms with Gasteiger partial charge in [0.1, 0.15) is 11.6 Å². The molecule has 0 atom stereocenters. The van der Waals surface area contributed by atoms with Gasteiger partial charge in [0, 0.05) is 36.4 Å². The number of benzene rings is 3. The fraction of sp³-hybridized carbons (Fsp3) is 0.300. The zero-order valence-corrected chi connectivity index (χ0v) is 23.7. The first-order valence-corrected chi connectivity index (χ1v) is 14.9. The van der Waals surface area contributed by atoms with Crippen molar-refractivity contribution in [2.45, 2.75) is 38.0 Å². The molecule has 1 N–H and O–H groups in total. The summed E-state index contributed by atoms with van der Waals surface area (Å²) in [6.45, 7) is 4.54. The lowest BCUT2D eigenvalue weighted by Gasteiger charge is -2.30. The summed E-state index contributed by atoms with van der Waals surface area (Å²) in [6, 6.07) is 17.3. The number of halogens is 1. The van der Waals surface area contributed by atoms with Gasteiger partial charge in [-0.15, -0.1) is 0 Å². The zero-order chi connectivity index (χ0) is 29.1. The highest BCUT2D eigenvalue weighted by Crippen LogP contribution is 2.28.